The van der Waals surface area contributed by atoms with Crippen molar-refractivity contribution in [2.45, 2.75) is 19.1 Å². The molecule has 3 rings (SSSR count). The van der Waals surface area contributed by atoms with Gasteiger partial charge < -0.3 is 19.5 Å². The zero-order chi connectivity index (χ0) is 18.7. The summed E-state index contributed by atoms with van der Waals surface area (Å²) in [4.78, 5) is 12.6. The Bertz CT molecular complexity index is 790. The van der Waals surface area contributed by atoms with Crippen LogP contribution in [0.5, 0.6) is 17.2 Å². The lowest BCUT2D eigenvalue weighted by molar-refractivity contribution is -0.186. The van der Waals surface area contributed by atoms with Crippen molar-refractivity contribution in [3.63, 3.8) is 0 Å². The third kappa shape index (κ3) is 4.01. The van der Waals surface area contributed by atoms with Gasteiger partial charge in [-0.1, -0.05) is 24.3 Å². The molecule has 1 amide bonds. The molecule has 0 unspecified atom stereocenters. The lowest BCUT2D eigenvalue weighted by atomic mass is 10.1. The van der Waals surface area contributed by atoms with Gasteiger partial charge in [-0.25, -0.2) is 0 Å². The van der Waals surface area contributed by atoms with Crippen molar-refractivity contribution in [2.24, 2.45) is 0 Å². The van der Waals surface area contributed by atoms with Gasteiger partial charge in [0.2, 0.25) is 6.79 Å². The van der Waals surface area contributed by atoms with Crippen LogP contribution in [0.15, 0.2) is 42.5 Å². The molecular weight excluding hydrogens is 351 g/mol. The van der Waals surface area contributed by atoms with Crippen molar-refractivity contribution in [1.82, 2.24) is 4.90 Å². The van der Waals surface area contributed by atoms with Gasteiger partial charge >= 0.3 is 12.1 Å². The van der Waals surface area contributed by atoms with Crippen LogP contribution in [0.25, 0.3) is 0 Å². The Morgan fingerprint density at radius 2 is 1.85 bits per heavy atom. The van der Waals surface area contributed by atoms with Gasteiger partial charge in [-0.2, -0.15) is 13.2 Å². The third-order valence-electron chi connectivity index (χ3n) is 3.98. The predicted octanol–water partition coefficient (Wildman–Crippen LogP) is 3.25. The van der Waals surface area contributed by atoms with Crippen LogP contribution in [0.1, 0.15) is 11.1 Å². The van der Waals surface area contributed by atoms with Crippen LogP contribution >= 0.6 is 0 Å². The van der Waals surface area contributed by atoms with Crippen LogP contribution in [0.4, 0.5) is 13.2 Å². The number of halogens is 3. The van der Waals surface area contributed by atoms with Crippen LogP contribution in [0.3, 0.4) is 0 Å². The Balaban J connectivity index is 1.78. The number of amides is 1. The molecule has 1 aliphatic rings. The van der Waals surface area contributed by atoms with Gasteiger partial charge in [-0.05, 0) is 30.2 Å². The average molecular weight is 367 g/mol. The monoisotopic (exact) mass is 367 g/mol. The first-order valence-electron chi connectivity index (χ1n) is 7.86. The fourth-order valence-electron chi connectivity index (χ4n) is 2.68. The van der Waals surface area contributed by atoms with Gasteiger partial charge in [0.1, 0.15) is 5.75 Å². The highest BCUT2D eigenvalue weighted by Gasteiger charge is 2.42. The number of rotatable bonds is 5. The number of carbonyl (C=O) groups excluding carboxylic acids is 1. The summed E-state index contributed by atoms with van der Waals surface area (Å²) in [5.74, 6) is -1.04. The van der Waals surface area contributed by atoms with Crippen molar-refractivity contribution in [1.29, 1.82) is 0 Å². The number of nitrogens with zero attached hydrogens (tertiary/aromatic N) is 1. The number of alkyl halides is 3. The second-order valence-corrected chi connectivity index (χ2v) is 5.79. The second kappa shape index (κ2) is 7.15. The maximum absolute atomic E-state index is 13.0. The van der Waals surface area contributed by atoms with Crippen molar-refractivity contribution < 1.29 is 32.5 Å². The highest BCUT2D eigenvalue weighted by molar-refractivity contribution is 5.82. The molecule has 0 radical (unpaired) electrons. The fraction of sp³-hybridized carbons (Fsp3) is 0.278. The third-order valence-corrected chi connectivity index (χ3v) is 3.98. The quantitative estimate of drug-likeness (QED) is 0.881. The molecule has 0 bridgehead atoms. The second-order valence-electron chi connectivity index (χ2n) is 5.79. The Hall–Kier alpha value is -2.90. The summed E-state index contributed by atoms with van der Waals surface area (Å²) in [6.07, 6.45) is -4.75. The van der Waals surface area contributed by atoms with E-state index in [9.17, 15) is 23.1 Å². The topological polar surface area (TPSA) is 59.0 Å². The number of benzene rings is 2. The van der Waals surface area contributed by atoms with E-state index in [0.29, 0.717) is 22.6 Å². The first-order chi connectivity index (χ1) is 12.3. The number of carbonyl (C=O) groups is 1. The number of hydrogen-bond donors (Lipinski definition) is 1. The molecule has 1 heterocycles. The Morgan fingerprint density at radius 3 is 2.54 bits per heavy atom. The molecule has 5 nitrogen and oxygen atoms in total. The summed E-state index contributed by atoms with van der Waals surface area (Å²) in [7, 11) is 0. The zero-order valence-electron chi connectivity index (χ0n) is 13.6. The Kier molecular flexibility index (Phi) is 4.92. The smallest absolute Gasteiger partial charge is 0.471 e. The van der Waals surface area contributed by atoms with Crippen LogP contribution < -0.4 is 9.47 Å². The maximum Gasteiger partial charge on any atom is 0.471 e. The minimum atomic E-state index is -4.97. The molecule has 8 heteroatoms. The fourth-order valence-corrected chi connectivity index (χ4v) is 2.68. The van der Waals surface area contributed by atoms with E-state index in [2.05, 4.69) is 0 Å². The molecule has 0 atom stereocenters. The minimum absolute atomic E-state index is 0.00687. The van der Waals surface area contributed by atoms with Gasteiger partial charge in [0.05, 0.1) is 0 Å². The number of hydrogen-bond acceptors (Lipinski definition) is 4. The molecule has 0 aliphatic carbocycles. The maximum atomic E-state index is 13.0. The molecule has 1 aliphatic heterocycles. The normalized spacial score (nSPS) is 12.9. The van der Waals surface area contributed by atoms with E-state index in [1.165, 1.54) is 12.1 Å². The van der Waals surface area contributed by atoms with E-state index >= 15 is 0 Å². The Morgan fingerprint density at radius 1 is 1.12 bits per heavy atom. The number of ether oxygens (including phenoxy) is 2. The highest BCUT2D eigenvalue weighted by Crippen LogP contribution is 2.36. The van der Waals surface area contributed by atoms with Crippen LogP contribution in [0.2, 0.25) is 0 Å². The summed E-state index contributed by atoms with van der Waals surface area (Å²) >= 11 is 0. The van der Waals surface area contributed by atoms with Crippen molar-refractivity contribution in [2.75, 3.05) is 13.3 Å². The van der Waals surface area contributed by atoms with E-state index in [1.54, 1.807) is 30.3 Å². The number of para-hydroxylation sites is 1. The molecule has 1 N–H and O–H groups in total. The standard InChI is InChI=1S/C18H16F3NO4/c19-18(20,21)17(24)22(9-8-12-4-6-14(23)7-5-12)10-13-2-1-3-15-16(13)26-11-25-15/h1-7,23H,8-11H2. The molecule has 0 saturated heterocycles. The molecule has 138 valence electrons. The molecule has 2 aromatic rings. The summed E-state index contributed by atoms with van der Waals surface area (Å²) in [5, 5.41) is 9.27. The van der Waals surface area contributed by atoms with Crippen molar-refractivity contribution in [3.05, 3.63) is 53.6 Å². The van der Waals surface area contributed by atoms with Gasteiger partial charge in [0.15, 0.2) is 11.5 Å². The van der Waals surface area contributed by atoms with Crippen LogP contribution in [-0.2, 0) is 17.8 Å². The first-order valence-corrected chi connectivity index (χ1v) is 7.86. The summed E-state index contributed by atoms with van der Waals surface area (Å²) < 4.78 is 49.4. The van der Waals surface area contributed by atoms with Crippen LogP contribution in [0, 0.1) is 0 Å². The van der Waals surface area contributed by atoms with Gasteiger partial charge in [-0.3, -0.25) is 4.79 Å². The zero-order valence-corrected chi connectivity index (χ0v) is 13.6. The SMILES string of the molecule is O=C(N(CCc1ccc(O)cc1)Cc1cccc2c1OCO2)C(F)(F)F. The minimum Gasteiger partial charge on any atom is -0.508 e. The molecule has 26 heavy (non-hydrogen) atoms. The lowest BCUT2D eigenvalue weighted by Gasteiger charge is -2.24. The van der Waals surface area contributed by atoms with Crippen molar-refractivity contribution in [3.8, 4) is 17.2 Å². The summed E-state index contributed by atoms with van der Waals surface area (Å²) in [5.41, 5.74) is 1.16. The van der Waals surface area contributed by atoms with Crippen LogP contribution in [-0.4, -0.2) is 35.4 Å². The molecule has 0 saturated carbocycles. The van der Waals surface area contributed by atoms with Gasteiger partial charge in [-0.15, -0.1) is 0 Å². The largest absolute Gasteiger partial charge is 0.508 e. The average Bonchev–Trinajstić information content (AvgIpc) is 3.08. The number of fused-ring (bicyclic) bond motifs is 1. The number of phenolic OH excluding ortho intramolecular Hbond substituents is 1. The Labute approximate surface area is 147 Å². The molecule has 0 aromatic heterocycles. The van der Waals surface area contributed by atoms with E-state index < -0.39 is 12.1 Å². The first kappa shape index (κ1) is 17.9. The number of aromatic hydroxyl groups is 1. The van der Waals surface area contributed by atoms with Gasteiger partial charge in [0, 0.05) is 18.7 Å². The molecule has 2 aromatic carbocycles. The highest BCUT2D eigenvalue weighted by atomic mass is 19.4. The predicted molar refractivity (Wildman–Crippen MR) is 85.8 cm³/mol. The molecular formula is C18H16F3NO4. The number of phenols is 1. The van der Waals surface area contributed by atoms with Gasteiger partial charge in [0.25, 0.3) is 0 Å². The van der Waals surface area contributed by atoms with Crippen molar-refractivity contribution >= 4 is 5.91 Å². The summed E-state index contributed by atoms with van der Waals surface area (Å²) in [6.45, 7) is -0.385. The van der Waals surface area contributed by atoms with E-state index in [0.717, 1.165) is 4.90 Å². The molecule has 0 fully saturated rings. The van der Waals surface area contributed by atoms with E-state index in [4.69, 9.17) is 9.47 Å². The van der Waals surface area contributed by atoms with E-state index in [-0.39, 0.29) is 32.1 Å². The molecule has 0 spiro atoms. The summed E-state index contributed by atoms with van der Waals surface area (Å²) in [6, 6.07) is 11.0. The van der Waals surface area contributed by atoms with E-state index in [1.807, 2.05) is 0 Å². The lowest BCUT2D eigenvalue weighted by Crippen LogP contribution is -2.41.